The first-order valence-corrected chi connectivity index (χ1v) is 6.23. The number of aliphatic hydroxyl groups is 1. The van der Waals surface area contributed by atoms with Crippen LogP contribution in [0.5, 0.6) is 0 Å². The Morgan fingerprint density at radius 2 is 2.12 bits per heavy atom. The smallest absolute Gasteiger partial charge is 0.336 e. The molecule has 0 saturated heterocycles. The number of hydrogen-bond donors (Lipinski definition) is 2. The third-order valence-corrected chi connectivity index (χ3v) is 3.71. The Hall–Kier alpha value is -0.710. The van der Waals surface area contributed by atoms with E-state index in [1.807, 2.05) is 18.2 Å². The molecule has 0 saturated carbocycles. The first kappa shape index (κ1) is 13.4. The summed E-state index contributed by atoms with van der Waals surface area (Å²) in [6, 6.07) is 7.37. The van der Waals surface area contributed by atoms with Gasteiger partial charge in [-0.1, -0.05) is 29.8 Å². The summed E-state index contributed by atoms with van der Waals surface area (Å²) in [5.74, 6) is -0.490. The van der Waals surface area contributed by atoms with Crippen LogP contribution in [0.15, 0.2) is 24.3 Å². The van der Waals surface area contributed by atoms with Crippen molar-refractivity contribution >= 4 is 29.3 Å². The van der Waals surface area contributed by atoms with Crippen LogP contribution in [0, 0.1) is 0 Å². The van der Waals surface area contributed by atoms with Crippen molar-refractivity contribution in [3.8, 4) is 0 Å². The molecule has 1 unspecified atom stereocenters. The molecule has 0 spiro atoms. The van der Waals surface area contributed by atoms with Crippen LogP contribution < -0.4 is 0 Å². The van der Waals surface area contributed by atoms with E-state index in [1.165, 1.54) is 18.7 Å². The molecule has 0 heterocycles. The second-order valence-electron chi connectivity index (χ2n) is 3.66. The Balaban J connectivity index is 2.48. The van der Waals surface area contributed by atoms with Gasteiger partial charge in [0.15, 0.2) is 5.60 Å². The number of carboxylic acid groups (broad SMARTS) is 1. The predicted molar refractivity (Wildman–Crippen MR) is 65.9 cm³/mol. The Bertz CT molecular complexity index is 379. The zero-order valence-corrected chi connectivity index (χ0v) is 10.4. The van der Waals surface area contributed by atoms with E-state index in [2.05, 4.69) is 0 Å². The molecule has 1 aromatic rings. The van der Waals surface area contributed by atoms with Crippen LogP contribution in [0.4, 0.5) is 0 Å². The lowest BCUT2D eigenvalue weighted by Gasteiger charge is -2.17. The first-order valence-electron chi connectivity index (χ1n) is 4.70. The van der Waals surface area contributed by atoms with Crippen molar-refractivity contribution < 1.29 is 15.0 Å². The zero-order chi connectivity index (χ0) is 12.2. The van der Waals surface area contributed by atoms with Crippen molar-refractivity contribution in [3.05, 3.63) is 34.9 Å². The SMILES string of the molecule is CC(O)(CSCc1ccccc1Cl)C(=O)O. The van der Waals surface area contributed by atoms with Gasteiger partial charge < -0.3 is 10.2 Å². The molecule has 16 heavy (non-hydrogen) atoms. The van der Waals surface area contributed by atoms with Crippen molar-refractivity contribution in [2.45, 2.75) is 18.3 Å². The highest BCUT2D eigenvalue weighted by Crippen LogP contribution is 2.23. The molecule has 0 aliphatic heterocycles. The standard InChI is InChI=1S/C11H13ClO3S/c1-11(15,10(13)14)7-16-6-8-4-2-3-5-9(8)12/h2-5,15H,6-7H2,1H3,(H,13,14). The fraction of sp³-hybridized carbons (Fsp3) is 0.364. The van der Waals surface area contributed by atoms with E-state index in [0.29, 0.717) is 10.8 Å². The molecule has 0 bridgehead atoms. The third-order valence-electron chi connectivity index (χ3n) is 2.06. The van der Waals surface area contributed by atoms with Gasteiger partial charge in [0.05, 0.1) is 0 Å². The number of carbonyl (C=O) groups is 1. The average Bonchev–Trinajstić information content (AvgIpc) is 2.20. The van der Waals surface area contributed by atoms with Crippen LogP contribution in [0.3, 0.4) is 0 Å². The quantitative estimate of drug-likeness (QED) is 0.854. The Labute approximate surface area is 103 Å². The normalized spacial score (nSPS) is 14.4. The van der Waals surface area contributed by atoms with Gasteiger partial charge in [-0.25, -0.2) is 4.79 Å². The Morgan fingerprint density at radius 3 is 2.69 bits per heavy atom. The highest BCUT2D eigenvalue weighted by Gasteiger charge is 2.29. The maximum absolute atomic E-state index is 10.6. The van der Waals surface area contributed by atoms with E-state index in [0.717, 1.165) is 5.56 Å². The molecule has 5 heteroatoms. The van der Waals surface area contributed by atoms with Crippen LogP contribution in [0.1, 0.15) is 12.5 Å². The van der Waals surface area contributed by atoms with Crippen LogP contribution >= 0.6 is 23.4 Å². The summed E-state index contributed by atoms with van der Waals surface area (Å²) in [4.78, 5) is 10.6. The molecule has 0 radical (unpaired) electrons. The van der Waals surface area contributed by atoms with Gasteiger partial charge in [0.2, 0.25) is 0 Å². The van der Waals surface area contributed by atoms with Crippen molar-refractivity contribution in [3.63, 3.8) is 0 Å². The minimum atomic E-state index is -1.69. The van der Waals surface area contributed by atoms with Crippen LogP contribution in [-0.4, -0.2) is 27.5 Å². The van der Waals surface area contributed by atoms with Gasteiger partial charge in [-0.2, -0.15) is 11.8 Å². The van der Waals surface area contributed by atoms with Crippen molar-refractivity contribution in [2.24, 2.45) is 0 Å². The van der Waals surface area contributed by atoms with Gasteiger partial charge in [0.1, 0.15) is 0 Å². The summed E-state index contributed by atoms with van der Waals surface area (Å²) in [6.45, 7) is 1.29. The van der Waals surface area contributed by atoms with E-state index in [-0.39, 0.29) is 5.75 Å². The van der Waals surface area contributed by atoms with E-state index < -0.39 is 11.6 Å². The lowest BCUT2D eigenvalue weighted by Crippen LogP contribution is -2.37. The average molecular weight is 261 g/mol. The maximum atomic E-state index is 10.6. The molecule has 1 atom stereocenters. The lowest BCUT2D eigenvalue weighted by molar-refractivity contribution is -0.154. The Morgan fingerprint density at radius 1 is 1.50 bits per heavy atom. The molecule has 0 aliphatic rings. The number of thioether (sulfide) groups is 1. The second kappa shape index (κ2) is 5.57. The van der Waals surface area contributed by atoms with Crippen molar-refractivity contribution in [1.82, 2.24) is 0 Å². The molecular formula is C11H13ClO3S. The largest absolute Gasteiger partial charge is 0.479 e. The van der Waals surface area contributed by atoms with Crippen molar-refractivity contribution in [1.29, 1.82) is 0 Å². The molecule has 2 N–H and O–H groups in total. The number of benzene rings is 1. The highest BCUT2D eigenvalue weighted by atomic mass is 35.5. The van der Waals surface area contributed by atoms with E-state index in [4.69, 9.17) is 16.7 Å². The molecule has 0 aromatic heterocycles. The highest BCUT2D eigenvalue weighted by molar-refractivity contribution is 7.98. The van der Waals surface area contributed by atoms with Crippen LogP contribution in [-0.2, 0) is 10.5 Å². The molecule has 88 valence electrons. The van der Waals surface area contributed by atoms with Gasteiger partial charge >= 0.3 is 5.97 Å². The second-order valence-corrected chi connectivity index (χ2v) is 5.06. The Kier molecular flexibility index (Phi) is 4.65. The van der Waals surface area contributed by atoms with Crippen LogP contribution in [0.2, 0.25) is 5.02 Å². The number of carboxylic acids is 1. The fourth-order valence-electron chi connectivity index (χ4n) is 1.04. The van der Waals surface area contributed by atoms with E-state index >= 15 is 0 Å². The third kappa shape index (κ3) is 3.70. The molecule has 3 nitrogen and oxygen atoms in total. The van der Waals surface area contributed by atoms with E-state index in [1.54, 1.807) is 6.07 Å². The molecule has 1 aromatic carbocycles. The van der Waals surface area contributed by atoms with Gasteiger partial charge in [-0.15, -0.1) is 0 Å². The van der Waals surface area contributed by atoms with Gasteiger partial charge in [0.25, 0.3) is 0 Å². The number of rotatable bonds is 5. The summed E-state index contributed by atoms with van der Waals surface area (Å²) in [7, 11) is 0. The summed E-state index contributed by atoms with van der Waals surface area (Å²) in [5.41, 5.74) is -0.748. The number of halogens is 1. The molecule has 0 fully saturated rings. The molecule has 0 aliphatic carbocycles. The van der Waals surface area contributed by atoms with E-state index in [9.17, 15) is 9.90 Å². The molecule has 1 rings (SSSR count). The van der Waals surface area contributed by atoms with Gasteiger partial charge in [-0.05, 0) is 18.6 Å². The lowest BCUT2D eigenvalue weighted by atomic mass is 10.1. The summed E-state index contributed by atoms with van der Waals surface area (Å²) < 4.78 is 0. The summed E-state index contributed by atoms with van der Waals surface area (Å²) in [5, 5.41) is 18.8. The fourth-order valence-corrected chi connectivity index (χ4v) is 2.41. The maximum Gasteiger partial charge on any atom is 0.336 e. The predicted octanol–water partition coefficient (Wildman–Crippen LogP) is 2.41. The number of aliphatic carboxylic acids is 1. The summed E-state index contributed by atoms with van der Waals surface area (Å²) >= 11 is 7.29. The first-order chi connectivity index (χ1) is 7.43. The monoisotopic (exact) mass is 260 g/mol. The van der Waals surface area contributed by atoms with Gasteiger partial charge in [-0.3, -0.25) is 0 Å². The van der Waals surface area contributed by atoms with Gasteiger partial charge in [0, 0.05) is 16.5 Å². The summed E-state index contributed by atoms with van der Waals surface area (Å²) in [6.07, 6.45) is 0. The molecule has 0 amide bonds. The topological polar surface area (TPSA) is 57.5 Å². The molecular weight excluding hydrogens is 248 g/mol. The minimum Gasteiger partial charge on any atom is -0.479 e. The zero-order valence-electron chi connectivity index (χ0n) is 8.81. The van der Waals surface area contributed by atoms with Crippen molar-refractivity contribution in [2.75, 3.05) is 5.75 Å². The van der Waals surface area contributed by atoms with Crippen LogP contribution in [0.25, 0.3) is 0 Å². The number of hydrogen-bond acceptors (Lipinski definition) is 3. The minimum absolute atomic E-state index is 0.132.